The van der Waals surface area contributed by atoms with Crippen molar-refractivity contribution in [3.8, 4) is 0 Å². The molecular formula is C12H12BrNO3. The Labute approximate surface area is 107 Å². The molecule has 0 saturated heterocycles. The van der Waals surface area contributed by atoms with Gasteiger partial charge in [0.15, 0.2) is 11.5 Å². The quantitative estimate of drug-likeness (QED) is 0.945. The molecular weight excluding hydrogens is 286 g/mol. The monoisotopic (exact) mass is 297 g/mol. The van der Waals surface area contributed by atoms with E-state index in [2.05, 4.69) is 20.9 Å². The molecule has 0 saturated carbocycles. The van der Waals surface area contributed by atoms with Crippen molar-refractivity contribution >= 4 is 33.0 Å². The predicted octanol–water partition coefficient (Wildman–Crippen LogP) is 3.22. The van der Waals surface area contributed by atoms with Crippen LogP contribution < -0.4 is 0 Å². The van der Waals surface area contributed by atoms with Gasteiger partial charge in [-0.2, -0.15) is 0 Å². The molecule has 4 nitrogen and oxygen atoms in total. The summed E-state index contributed by atoms with van der Waals surface area (Å²) in [7, 11) is 0. The average molecular weight is 298 g/mol. The standard InChI is InChI=1S/C12H12BrNO3/c1-6-5-8(13)7(2)11-12(6)17-9(14-11)3-4-10(15)16/h5H,3-4H2,1-2H3,(H,15,16). The summed E-state index contributed by atoms with van der Waals surface area (Å²) < 4.78 is 6.58. The van der Waals surface area contributed by atoms with E-state index in [0.717, 1.165) is 26.7 Å². The number of rotatable bonds is 3. The molecule has 1 aromatic carbocycles. The Morgan fingerprint density at radius 2 is 2.24 bits per heavy atom. The number of benzene rings is 1. The normalized spacial score (nSPS) is 11.0. The zero-order valence-corrected chi connectivity index (χ0v) is 11.2. The van der Waals surface area contributed by atoms with E-state index in [0.29, 0.717) is 12.3 Å². The molecule has 1 N–H and O–H groups in total. The summed E-state index contributed by atoms with van der Waals surface area (Å²) in [5.41, 5.74) is 3.55. The van der Waals surface area contributed by atoms with Gasteiger partial charge in [-0.1, -0.05) is 15.9 Å². The molecule has 5 heteroatoms. The lowest BCUT2D eigenvalue weighted by Gasteiger charge is -2.00. The fourth-order valence-electron chi connectivity index (χ4n) is 1.68. The lowest BCUT2D eigenvalue weighted by molar-refractivity contribution is -0.137. The Morgan fingerprint density at radius 3 is 2.88 bits per heavy atom. The summed E-state index contributed by atoms with van der Waals surface area (Å²) in [6.07, 6.45) is 0.354. The number of carboxylic acid groups (broad SMARTS) is 1. The average Bonchev–Trinajstić information content (AvgIpc) is 2.68. The SMILES string of the molecule is Cc1c(Br)cc(C)c2oc(CCC(=O)O)nc12. The van der Waals surface area contributed by atoms with Gasteiger partial charge < -0.3 is 9.52 Å². The van der Waals surface area contributed by atoms with Crippen molar-refractivity contribution in [1.29, 1.82) is 0 Å². The van der Waals surface area contributed by atoms with Crippen molar-refractivity contribution in [1.82, 2.24) is 4.98 Å². The zero-order chi connectivity index (χ0) is 12.6. The van der Waals surface area contributed by atoms with Gasteiger partial charge in [0.2, 0.25) is 0 Å². The minimum atomic E-state index is -0.845. The number of fused-ring (bicyclic) bond motifs is 1. The number of hydrogen-bond acceptors (Lipinski definition) is 3. The molecule has 0 spiro atoms. The van der Waals surface area contributed by atoms with Gasteiger partial charge in [0.05, 0.1) is 6.42 Å². The fraction of sp³-hybridized carbons (Fsp3) is 0.333. The van der Waals surface area contributed by atoms with Crippen LogP contribution in [0.2, 0.25) is 0 Å². The van der Waals surface area contributed by atoms with E-state index in [-0.39, 0.29) is 6.42 Å². The Kier molecular flexibility index (Phi) is 3.19. The van der Waals surface area contributed by atoms with E-state index in [4.69, 9.17) is 9.52 Å². The molecule has 0 radical (unpaired) electrons. The van der Waals surface area contributed by atoms with Crippen molar-refractivity contribution in [2.75, 3.05) is 0 Å². The number of hydrogen-bond donors (Lipinski definition) is 1. The topological polar surface area (TPSA) is 63.3 Å². The van der Waals surface area contributed by atoms with Crippen molar-refractivity contribution in [2.24, 2.45) is 0 Å². The summed E-state index contributed by atoms with van der Waals surface area (Å²) in [4.78, 5) is 14.8. The Balaban J connectivity index is 2.46. The summed E-state index contributed by atoms with van der Waals surface area (Å²) >= 11 is 3.46. The number of carboxylic acids is 1. The number of aromatic nitrogens is 1. The fourth-order valence-corrected chi connectivity index (χ4v) is 2.21. The highest BCUT2D eigenvalue weighted by atomic mass is 79.9. The molecule has 2 aromatic rings. The first-order chi connectivity index (χ1) is 7.99. The van der Waals surface area contributed by atoms with Crippen LogP contribution >= 0.6 is 15.9 Å². The maximum Gasteiger partial charge on any atom is 0.303 e. The third-order valence-electron chi connectivity index (χ3n) is 2.64. The lowest BCUT2D eigenvalue weighted by atomic mass is 10.1. The van der Waals surface area contributed by atoms with Crippen LogP contribution in [0.4, 0.5) is 0 Å². The number of carbonyl (C=O) groups is 1. The first kappa shape index (κ1) is 12.1. The number of nitrogens with zero attached hydrogens (tertiary/aromatic N) is 1. The second-order valence-corrected chi connectivity index (χ2v) is 4.83. The molecule has 0 atom stereocenters. The summed E-state index contributed by atoms with van der Waals surface area (Å²) in [6.45, 7) is 3.90. The highest BCUT2D eigenvalue weighted by Gasteiger charge is 2.13. The maximum atomic E-state index is 10.5. The Morgan fingerprint density at radius 1 is 1.53 bits per heavy atom. The van der Waals surface area contributed by atoms with Crippen LogP contribution in [0, 0.1) is 13.8 Å². The molecule has 2 rings (SSSR count). The number of oxazole rings is 1. The second kappa shape index (κ2) is 4.49. The third kappa shape index (κ3) is 2.34. The minimum absolute atomic E-state index is 0.0338. The molecule has 17 heavy (non-hydrogen) atoms. The van der Waals surface area contributed by atoms with Crippen LogP contribution in [0.5, 0.6) is 0 Å². The van der Waals surface area contributed by atoms with E-state index >= 15 is 0 Å². The third-order valence-corrected chi connectivity index (χ3v) is 3.46. The molecule has 0 amide bonds. The highest BCUT2D eigenvalue weighted by Crippen LogP contribution is 2.29. The molecule has 0 fully saturated rings. The second-order valence-electron chi connectivity index (χ2n) is 3.98. The molecule has 0 aliphatic carbocycles. The van der Waals surface area contributed by atoms with Crippen molar-refractivity contribution in [2.45, 2.75) is 26.7 Å². The first-order valence-corrected chi connectivity index (χ1v) is 6.05. The number of aliphatic carboxylic acids is 1. The maximum absolute atomic E-state index is 10.5. The van der Waals surface area contributed by atoms with Crippen LogP contribution in [-0.4, -0.2) is 16.1 Å². The van der Waals surface area contributed by atoms with Crippen LogP contribution in [0.3, 0.4) is 0 Å². The van der Waals surface area contributed by atoms with E-state index in [1.54, 1.807) is 0 Å². The molecule has 0 aliphatic heterocycles. The molecule has 0 aliphatic rings. The van der Waals surface area contributed by atoms with Gasteiger partial charge in [-0.3, -0.25) is 4.79 Å². The first-order valence-electron chi connectivity index (χ1n) is 5.26. The van der Waals surface area contributed by atoms with E-state index < -0.39 is 5.97 Å². The number of halogens is 1. The Bertz CT molecular complexity index is 589. The zero-order valence-electron chi connectivity index (χ0n) is 9.58. The number of aryl methyl sites for hydroxylation is 3. The molecule has 1 heterocycles. The van der Waals surface area contributed by atoms with Gasteiger partial charge in [-0.05, 0) is 31.0 Å². The van der Waals surface area contributed by atoms with Gasteiger partial charge in [0.1, 0.15) is 5.52 Å². The van der Waals surface area contributed by atoms with Crippen molar-refractivity contribution in [3.63, 3.8) is 0 Å². The van der Waals surface area contributed by atoms with Gasteiger partial charge in [0, 0.05) is 10.9 Å². The van der Waals surface area contributed by atoms with Crippen molar-refractivity contribution < 1.29 is 14.3 Å². The van der Waals surface area contributed by atoms with Crippen molar-refractivity contribution in [3.05, 3.63) is 27.6 Å². The minimum Gasteiger partial charge on any atom is -0.481 e. The largest absolute Gasteiger partial charge is 0.481 e. The van der Waals surface area contributed by atoms with E-state index in [1.165, 1.54) is 0 Å². The van der Waals surface area contributed by atoms with Gasteiger partial charge in [-0.15, -0.1) is 0 Å². The van der Waals surface area contributed by atoms with E-state index in [1.807, 2.05) is 19.9 Å². The molecule has 0 unspecified atom stereocenters. The van der Waals surface area contributed by atoms with Gasteiger partial charge in [0.25, 0.3) is 0 Å². The summed E-state index contributed by atoms with van der Waals surface area (Å²) in [5.74, 6) is -0.367. The molecule has 0 bridgehead atoms. The lowest BCUT2D eigenvalue weighted by Crippen LogP contribution is -1.97. The van der Waals surface area contributed by atoms with E-state index in [9.17, 15) is 4.79 Å². The molecule has 90 valence electrons. The van der Waals surface area contributed by atoms with Crippen LogP contribution in [-0.2, 0) is 11.2 Å². The summed E-state index contributed by atoms with van der Waals surface area (Å²) in [6, 6.07) is 1.98. The highest BCUT2D eigenvalue weighted by molar-refractivity contribution is 9.10. The summed E-state index contributed by atoms with van der Waals surface area (Å²) in [5, 5.41) is 8.63. The van der Waals surface area contributed by atoms with Crippen LogP contribution in [0.15, 0.2) is 15.0 Å². The van der Waals surface area contributed by atoms with Gasteiger partial charge in [-0.25, -0.2) is 4.98 Å². The Hall–Kier alpha value is -1.36. The predicted molar refractivity (Wildman–Crippen MR) is 67.1 cm³/mol. The van der Waals surface area contributed by atoms with Crippen LogP contribution in [0.25, 0.3) is 11.1 Å². The van der Waals surface area contributed by atoms with Gasteiger partial charge >= 0.3 is 5.97 Å². The smallest absolute Gasteiger partial charge is 0.303 e. The van der Waals surface area contributed by atoms with Crippen LogP contribution in [0.1, 0.15) is 23.4 Å². The molecule has 1 aromatic heterocycles.